The van der Waals surface area contributed by atoms with Gasteiger partial charge >= 0.3 is 0 Å². The Morgan fingerprint density at radius 2 is 2.33 bits per heavy atom. The summed E-state index contributed by atoms with van der Waals surface area (Å²) in [6.07, 6.45) is 4.60. The largest absolute Gasteiger partial charge is 0.341 e. The number of nitrogens with zero attached hydrogens (tertiary/aromatic N) is 4. The fraction of sp³-hybridized carbons (Fsp3) is 0.727. The summed E-state index contributed by atoms with van der Waals surface area (Å²) in [5.41, 5.74) is 0. The second kappa shape index (κ2) is 6.50. The molecule has 2 atom stereocenters. The lowest BCUT2D eigenvalue weighted by molar-refractivity contribution is -0.136. The van der Waals surface area contributed by atoms with Gasteiger partial charge in [-0.3, -0.25) is 4.79 Å². The molecular weight excluding hydrogens is 296 g/mol. The maximum Gasteiger partial charge on any atom is 0.274 e. The van der Waals surface area contributed by atoms with Crippen LogP contribution in [0.5, 0.6) is 0 Å². The van der Waals surface area contributed by atoms with Crippen molar-refractivity contribution in [1.29, 1.82) is 0 Å². The number of carbonyl (C=O) groups excluding carboxylic acids is 1. The number of rotatable bonds is 5. The third kappa shape index (κ3) is 4.48. The molecule has 2 rings (SSSR count). The highest BCUT2D eigenvalue weighted by Crippen LogP contribution is 2.19. The van der Waals surface area contributed by atoms with Gasteiger partial charge in [-0.1, -0.05) is 0 Å². The highest BCUT2D eigenvalue weighted by molar-refractivity contribution is 7.87. The van der Waals surface area contributed by atoms with Crippen molar-refractivity contribution in [3.63, 3.8) is 0 Å². The van der Waals surface area contributed by atoms with Crippen LogP contribution in [-0.2, 0) is 15.0 Å². The number of hydrogen-bond acceptors (Lipinski definition) is 5. The van der Waals surface area contributed by atoms with E-state index in [2.05, 4.69) is 14.8 Å². The summed E-state index contributed by atoms with van der Waals surface area (Å²) in [5, 5.41) is 8.89. The average molecular weight is 316 g/mol. The van der Waals surface area contributed by atoms with Crippen molar-refractivity contribution in [2.24, 2.45) is 11.1 Å². The van der Waals surface area contributed by atoms with Crippen LogP contribution in [0.4, 0.5) is 0 Å². The van der Waals surface area contributed by atoms with E-state index in [0.717, 1.165) is 12.8 Å². The smallest absolute Gasteiger partial charge is 0.274 e. The normalized spacial score (nSPS) is 21.2. The molecule has 9 nitrogen and oxygen atoms in total. The predicted molar refractivity (Wildman–Crippen MR) is 75.1 cm³/mol. The van der Waals surface area contributed by atoms with Crippen LogP contribution in [-0.4, -0.2) is 53.6 Å². The highest BCUT2D eigenvalue weighted by atomic mass is 32.2. The summed E-state index contributed by atoms with van der Waals surface area (Å²) in [5.74, 6) is 0.0322. The highest BCUT2D eigenvalue weighted by Gasteiger charge is 2.28. The quantitative estimate of drug-likeness (QED) is 0.711. The molecule has 1 aromatic rings. The SMILES string of the molecule is CC(C(=O)N1CCCC(CNS(N)(=O)=O)C1)n1cncn1. The fourth-order valence-electron chi connectivity index (χ4n) is 2.46. The molecule has 2 heterocycles. The number of nitrogens with one attached hydrogen (secondary N) is 1. The summed E-state index contributed by atoms with van der Waals surface area (Å²) in [4.78, 5) is 18.0. The van der Waals surface area contributed by atoms with Crippen molar-refractivity contribution in [1.82, 2.24) is 24.4 Å². The number of piperidine rings is 1. The summed E-state index contributed by atoms with van der Waals surface area (Å²) in [7, 11) is -3.69. The number of nitrogens with two attached hydrogens (primary N) is 1. The van der Waals surface area contributed by atoms with Gasteiger partial charge in [0.15, 0.2) is 0 Å². The first kappa shape index (κ1) is 15.9. The minimum Gasteiger partial charge on any atom is -0.341 e. The van der Waals surface area contributed by atoms with Crippen LogP contribution in [0.2, 0.25) is 0 Å². The molecule has 1 aliphatic rings. The van der Waals surface area contributed by atoms with E-state index in [1.165, 1.54) is 17.3 Å². The van der Waals surface area contributed by atoms with Gasteiger partial charge in [-0.15, -0.1) is 0 Å². The number of hydrogen-bond donors (Lipinski definition) is 2. The minimum atomic E-state index is -3.69. The zero-order valence-electron chi connectivity index (χ0n) is 11.8. The van der Waals surface area contributed by atoms with Gasteiger partial charge in [-0.25, -0.2) is 19.5 Å². The van der Waals surface area contributed by atoms with E-state index in [-0.39, 0.29) is 18.4 Å². The summed E-state index contributed by atoms with van der Waals surface area (Å²) < 4.78 is 25.6. The number of aromatic nitrogens is 3. The van der Waals surface area contributed by atoms with Crippen LogP contribution in [0, 0.1) is 5.92 Å². The average Bonchev–Trinajstić information content (AvgIpc) is 2.97. The lowest BCUT2D eigenvalue weighted by atomic mass is 9.98. The zero-order chi connectivity index (χ0) is 15.5. The third-order valence-electron chi connectivity index (χ3n) is 3.59. The van der Waals surface area contributed by atoms with E-state index in [1.54, 1.807) is 11.8 Å². The van der Waals surface area contributed by atoms with Crippen molar-refractivity contribution in [2.75, 3.05) is 19.6 Å². The molecule has 0 spiro atoms. The Kier molecular flexibility index (Phi) is 4.91. The molecule has 3 N–H and O–H groups in total. The molecule has 0 aliphatic carbocycles. The van der Waals surface area contributed by atoms with Crippen molar-refractivity contribution >= 4 is 16.1 Å². The van der Waals surface area contributed by atoms with Crippen molar-refractivity contribution in [3.8, 4) is 0 Å². The summed E-state index contributed by atoms with van der Waals surface area (Å²) >= 11 is 0. The standard InChI is InChI=1S/C11H20N6O3S/c1-9(17-8-13-7-14-17)11(18)16-4-2-3-10(6-16)5-15-21(12,19)20/h7-10,15H,2-6H2,1H3,(H2,12,19,20). The predicted octanol–water partition coefficient (Wildman–Crippen LogP) is -1.13. The summed E-state index contributed by atoms with van der Waals surface area (Å²) in [6, 6.07) is -0.419. The lowest BCUT2D eigenvalue weighted by Crippen LogP contribution is -2.46. The Bertz CT molecular complexity index is 573. The molecular formula is C11H20N6O3S. The van der Waals surface area contributed by atoms with Crippen molar-refractivity contribution < 1.29 is 13.2 Å². The molecule has 118 valence electrons. The van der Waals surface area contributed by atoms with Gasteiger partial charge in [-0.2, -0.15) is 13.5 Å². The Hall–Kier alpha value is -1.52. The lowest BCUT2D eigenvalue weighted by Gasteiger charge is -2.34. The monoisotopic (exact) mass is 316 g/mol. The molecule has 0 aromatic carbocycles. The number of amides is 1. The maximum atomic E-state index is 12.4. The Balaban J connectivity index is 1.92. The van der Waals surface area contributed by atoms with E-state index in [0.29, 0.717) is 13.1 Å². The molecule has 1 aliphatic heterocycles. The van der Waals surface area contributed by atoms with Gasteiger partial charge in [0.05, 0.1) is 0 Å². The first-order valence-electron chi connectivity index (χ1n) is 6.77. The zero-order valence-corrected chi connectivity index (χ0v) is 12.7. The van der Waals surface area contributed by atoms with Crippen LogP contribution < -0.4 is 9.86 Å². The first-order chi connectivity index (χ1) is 9.87. The van der Waals surface area contributed by atoms with Gasteiger partial charge < -0.3 is 4.90 Å². The molecule has 1 saturated heterocycles. The van der Waals surface area contributed by atoms with Gasteiger partial charge in [0.1, 0.15) is 18.7 Å². The molecule has 1 aromatic heterocycles. The third-order valence-corrected chi connectivity index (χ3v) is 4.16. The Labute approximate surface area is 123 Å². The van der Waals surface area contributed by atoms with E-state index < -0.39 is 16.3 Å². The minimum absolute atomic E-state index is 0.0409. The molecule has 1 fully saturated rings. The number of likely N-dealkylation sites (tertiary alicyclic amines) is 1. The first-order valence-corrected chi connectivity index (χ1v) is 8.31. The van der Waals surface area contributed by atoms with E-state index in [9.17, 15) is 13.2 Å². The molecule has 0 saturated carbocycles. The van der Waals surface area contributed by atoms with Crippen LogP contribution in [0.15, 0.2) is 12.7 Å². The van der Waals surface area contributed by atoms with Crippen LogP contribution in [0.1, 0.15) is 25.8 Å². The second-order valence-corrected chi connectivity index (χ2v) is 6.62. The van der Waals surface area contributed by atoms with Gasteiger partial charge in [0.2, 0.25) is 5.91 Å². The van der Waals surface area contributed by atoms with E-state index in [1.807, 2.05) is 0 Å². The fourth-order valence-corrected chi connectivity index (χ4v) is 2.93. The van der Waals surface area contributed by atoms with Crippen LogP contribution in [0.25, 0.3) is 0 Å². The molecule has 1 amide bonds. The number of carbonyl (C=O) groups is 1. The Morgan fingerprint density at radius 1 is 1.57 bits per heavy atom. The molecule has 10 heteroatoms. The topological polar surface area (TPSA) is 123 Å². The van der Waals surface area contributed by atoms with E-state index in [4.69, 9.17) is 5.14 Å². The molecule has 0 bridgehead atoms. The van der Waals surface area contributed by atoms with Crippen molar-refractivity contribution in [2.45, 2.75) is 25.8 Å². The molecule has 21 heavy (non-hydrogen) atoms. The van der Waals surface area contributed by atoms with Crippen LogP contribution >= 0.6 is 0 Å². The van der Waals surface area contributed by atoms with Gasteiger partial charge in [0.25, 0.3) is 10.2 Å². The second-order valence-electron chi connectivity index (χ2n) is 5.24. The molecule has 0 radical (unpaired) electrons. The van der Waals surface area contributed by atoms with Gasteiger partial charge in [-0.05, 0) is 25.7 Å². The molecule has 2 unspecified atom stereocenters. The Morgan fingerprint density at radius 3 is 2.95 bits per heavy atom. The maximum absolute atomic E-state index is 12.4. The van der Waals surface area contributed by atoms with Crippen LogP contribution in [0.3, 0.4) is 0 Å². The van der Waals surface area contributed by atoms with E-state index >= 15 is 0 Å². The van der Waals surface area contributed by atoms with Crippen molar-refractivity contribution in [3.05, 3.63) is 12.7 Å². The summed E-state index contributed by atoms with van der Waals surface area (Å²) in [6.45, 7) is 3.20. The van der Waals surface area contributed by atoms with Gasteiger partial charge in [0, 0.05) is 19.6 Å².